The third-order valence-corrected chi connectivity index (χ3v) is 6.84. The first-order valence-corrected chi connectivity index (χ1v) is 11.8. The molecular formula is C28H25N3O5. The van der Waals surface area contributed by atoms with Crippen molar-refractivity contribution in [1.82, 2.24) is 14.3 Å². The first-order chi connectivity index (χ1) is 17.4. The first-order valence-electron chi connectivity index (χ1n) is 11.8. The minimum atomic E-state index is -0.338. The number of carbonyl (C=O) groups excluding carboxylic acids is 2. The van der Waals surface area contributed by atoms with Crippen LogP contribution in [0.4, 0.5) is 0 Å². The predicted molar refractivity (Wildman–Crippen MR) is 134 cm³/mol. The van der Waals surface area contributed by atoms with Gasteiger partial charge in [0.2, 0.25) is 5.78 Å². The highest BCUT2D eigenvalue weighted by molar-refractivity contribution is 6.15. The van der Waals surface area contributed by atoms with E-state index in [0.29, 0.717) is 22.6 Å². The average Bonchev–Trinajstić information content (AvgIpc) is 3.55. The highest BCUT2D eigenvalue weighted by Crippen LogP contribution is 2.49. The number of ether oxygens (including phenoxy) is 3. The summed E-state index contributed by atoms with van der Waals surface area (Å²) in [4.78, 5) is 25.9. The number of allylic oxidation sites excluding steroid dienone is 1. The molecule has 36 heavy (non-hydrogen) atoms. The van der Waals surface area contributed by atoms with E-state index in [9.17, 15) is 9.59 Å². The van der Waals surface area contributed by atoms with Crippen LogP contribution in [0.1, 0.15) is 59.4 Å². The molecule has 2 aliphatic heterocycles. The van der Waals surface area contributed by atoms with E-state index in [1.165, 1.54) is 0 Å². The third-order valence-electron chi connectivity index (χ3n) is 6.84. The Morgan fingerprint density at radius 2 is 1.97 bits per heavy atom. The summed E-state index contributed by atoms with van der Waals surface area (Å²) in [5.41, 5.74) is 3.89. The summed E-state index contributed by atoms with van der Waals surface area (Å²) >= 11 is 0. The minimum Gasteiger partial charge on any atom is -0.497 e. The van der Waals surface area contributed by atoms with Crippen molar-refractivity contribution in [3.63, 3.8) is 0 Å². The second-order valence-corrected chi connectivity index (χ2v) is 9.40. The lowest BCUT2D eigenvalue weighted by atomic mass is 9.87. The molecule has 0 bridgehead atoms. The molecule has 1 unspecified atom stereocenters. The molecule has 0 aliphatic carbocycles. The van der Waals surface area contributed by atoms with Crippen LogP contribution in [0.15, 0.2) is 54.6 Å². The van der Waals surface area contributed by atoms with Gasteiger partial charge in [-0.3, -0.25) is 14.3 Å². The maximum Gasteiger partial charge on any atom is 0.312 e. The van der Waals surface area contributed by atoms with Gasteiger partial charge in [-0.25, -0.2) is 0 Å². The molecule has 2 aromatic heterocycles. The van der Waals surface area contributed by atoms with Crippen molar-refractivity contribution >= 4 is 28.7 Å². The Hall–Kier alpha value is -4.33. The summed E-state index contributed by atoms with van der Waals surface area (Å²) in [6.45, 7) is 4.07. The minimum absolute atomic E-state index is 0.106. The lowest BCUT2D eigenvalue weighted by molar-refractivity contribution is -0.135. The molecule has 0 saturated heterocycles. The lowest BCUT2D eigenvalue weighted by Gasteiger charge is -2.27. The van der Waals surface area contributed by atoms with E-state index >= 15 is 0 Å². The maximum absolute atomic E-state index is 13.4. The summed E-state index contributed by atoms with van der Waals surface area (Å²) in [6, 6.07) is 11.2. The molecule has 4 heterocycles. The van der Waals surface area contributed by atoms with E-state index in [0.717, 1.165) is 27.9 Å². The second kappa shape index (κ2) is 8.12. The fourth-order valence-electron chi connectivity index (χ4n) is 5.18. The summed E-state index contributed by atoms with van der Waals surface area (Å²) < 4.78 is 21.1. The molecule has 6 rings (SSSR count). The van der Waals surface area contributed by atoms with Gasteiger partial charge in [-0.15, -0.1) is 0 Å². The number of benzene rings is 2. The number of fused-ring (bicyclic) bond motifs is 4. The van der Waals surface area contributed by atoms with Crippen LogP contribution in [-0.4, -0.2) is 33.2 Å². The van der Waals surface area contributed by atoms with Crippen molar-refractivity contribution in [2.75, 3.05) is 7.11 Å². The number of hydrogen-bond acceptors (Lipinski definition) is 6. The van der Waals surface area contributed by atoms with Gasteiger partial charge in [-0.1, -0.05) is 0 Å². The van der Waals surface area contributed by atoms with E-state index in [-0.39, 0.29) is 35.9 Å². The molecule has 0 radical (unpaired) electrons. The zero-order valence-corrected chi connectivity index (χ0v) is 20.4. The van der Waals surface area contributed by atoms with E-state index in [2.05, 4.69) is 5.10 Å². The van der Waals surface area contributed by atoms with E-state index < -0.39 is 0 Å². The number of hydrogen-bond donors (Lipinski definition) is 0. The Bertz CT molecular complexity index is 1590. The number of carbonyl (C=O) groups is 2. The maximum atomic E-state index is 13.4. The van der Waals surface area contributed by atoms with Crippen LogP contribution in [0.3, 0.4) is 0 Å². The topological polar surface area (TPSA) is 84.6 Å². The molecular weight excluding hydrogens is 458 g/mol. The highest BCUT2D eigenvalue weighted by Gasteiger charge is 2.39. The molecule has 1 atom stereocenters. The summed E-state index contributed by atoms with van der Waals surface area (Å²) in [6.07, 6.45) is 5.59. The SMILES string of the molecule is COc1ccc2c(c1)c(/C=C1\Oc3c(ccc4c3C(c3ccnn3C(C)C)CC(=O)O4)C1=O)cn2C. The van der Waals surface area contributed by atoms with Gasteiger partial charge < -0.3 is 18.8 Å². The Morgan fingerprint density at radius 1 is 1.14 bits per heavy atom. The highest BCUT2D eigenvalue weighted by atomic mass is 16.5. The normalized spacial score (nSPS) is 17.9. The number of methoxy groups -OCH3 is 1. The number of Topliss-reactive ketones (excluding diaryl/α,β-unsaturated/α-hetero) is 1. The monoisotopic (exact) mass is 483 g/mol. The molecule has 182 valence electrons. The van der Waals surface area contributed by atoms with Crippen LogP contribution < -0.4 is 14.2 Å². The van der Waals surface area contributed by atoms with Crippen molar-refractivity contribution in [2.24, 2.45) is 7.05 Å². The largest absolute Gasteiger partial charge is 0.497 e. The van der Waals surface area contributed by atoms with Crippen molar-refractivity contribution in [2.45, 2.75) is 32.2 Å². The van der Waals surface area contributed by atoms with Gasteiger partial charge in [0.25, 0.3) is 0 Å². The molecule has 4 aromatic rings. The first kappa shape index (κ1) is 22.2. The number of nitrogens with zero attached hydrogens (tertiary/aromatic N) is 3. The molecule has 2 aromatic carbocycles. The van der Waals surface area contributed by atoms with Gasteiger partial charge in [0, 0.05) is 59.1 Å². The second-order valence-electron chi connectivity index (χ2n) is 9.40. The quantitative estimate of drug-likeness (QED) is 0.230. The van der Waals surface area contributed by atoms with Crippen molar-refractivity contribution in [1.29, 1.82) is 0 Å². The summed E-state index contributed by atoms with van der Waals surface area (Å²) in [7, 11) is 3.58. The van der Waals surface area contributed by atoms with Crippen LogP contribution in [0.2, 0.25) is 0 Å². The third kappa shape index (κ3) is 3.32. The van der Waals surface area contributed by atoms with Crippen LogP contribution in [0.25, 0.3) is 17.0 Å². The van der Waals surface area contributed by atoms with Gasteiger partial charge >= 0.3 is 5.97 Å². The smallest absolute Gasteiger partial charge is 0.312 e. The van der Waals surface area contributed by atoms with E-state index in [1.807, 2.05) is 60.6 Å². The predicted octanol–water partition coefficient (Wildman–Crippen LogP) is 5.02. The van der Waals surface area contributed by atoms with Gasteiger partial charge in [-0.2, -0.15) is 5.10 Å². The van der Waals surface area contributed by atoms with Crippen molar-refractivity contribution in [3.05, 3.63) is 76.9 Å². The zero-order valence-electron chi connectivity index (χ0n) is 20.4. The summed E-state index contributed by atoms with van der Waals surface area (Å²) in [5, 5.41) is 5.40. The molecule has 0 fully saturated rings. The molecule has 0 amide bonds. The van der Waals surface area contributed by atoms with E-state index in [4.69, 9.17) is 14.2 Å². The molecule has 0 saturated carbocycles. The van der Waals surface area contributed by atoms with Crippen LogP contribution >= 0.6 is 0 Å². The van der Waals surface area contributed by atoms with Gasteiger partial charge in [0.1, 0.15) is 17.2 Å². The number of aromatic nitrogens is 3. The standard InChI is InChI=1S/C28H25N3O5/c1-15(2)31-22(9-10-29-31)20-13-25(32)35-23-8-6-18-27(33)24(36-28(18)26(20)23)11-16-14-30(3)21-7-5-17(34-4)12-19(16)21/h5-12,14-15,20H,13H2,1-4H3/b24-11-. The number of ketones is 1. The Labute approximate surface area is 207 Å². The number of esters is 1. The Balaban J connectivity index is 1.47. The van der Waals surface area contributed by atoms with Crippen molar-refractivity contribution in [3.8, 4) is 17.2 Å². The number of aryl methyl sites for hydroxylation is 1. The molecule has 0 N–H and O–H groups in total. The fourth-order valence-corrected chi connectivity index (χ4v) is 5.18. The average molecular weight is 484 g/mol. The van der Waals surface area contributed by atoms with Gasteiger partial charge in [-0.05, 0) is 56.3 Å². The van der Waals surface area contributed by atoms with Crippen LogP contribution in [0.5, 0.6) is 17.2 Å². The van der Waals surface area contributed by atoms with Gasteiger partial charge in [0.15, 0.2) is 5.76 Å². The molecule has 2 aliphatic rings. The number of rotatable bonds is 4. The summed E-state index contributed by atoms with van der Waals surface area (Å²) in [5.74, 6) is 0.938. The molecule has 8 heteroatoms. The van der Waals surface area contributed by atoms with Crippen molar-refractivity contribution < 1.29 is 23.8 Å². The molecule has 8 nitrogen and oxygen atoms in total. The zero-order chi connectivity index (χ0) is 25.1. The Morgan fingerprint density at radius 3 is 2.75 bits per heavy atom. The lowest BCUT2D eigenvalue weighted by Crippen LogP contribution is -2.24. The van der Waals surface area contributed by atoms with Crippen LogP contribution in [0, 0.1) is 0 Å². The Kier molecular flexibility index (Phi) is 5.00. The van der Waals surface area contributed by atoms with Gasteiger partial charge in [0.05, 0.1) is 19.1 Å². The molecule has 0 spiro atoms. The van der Waals surface area contributed by atoms with E-state index in [1.54, 1.807) is 31.5 Å². The fraction of sp³-hybridized carbons (Fsp3) is 0.250. The van der Waals surface area contributed by atoms with Crippen LogP contribution in [-0.2, 0) is 11.8 Å².